The molecule has 0 radical (unpaired) electrons. The molecule has 0 aliphatic carbocycles. The first-order chi connectivity index (χ1) is 6.83. The molecule has 0 aromatic carbocycles. The highest BCUT2D eigenvalue weighted by atomic mass is 16.5. The maximum absolute atomic E-state index is 5.39. The molecule has 0 bridgehead atoms. The first-order valence-electron chi connectivity index (χ1n) is 5.03. The van der Waals surface area contributed by atoms with Crippen molar-refractivity contribution < 1.29 is 4.74 Å². The summed E-state index contributed by atoms with van der Waals surface area (Å²) in [5, 5.41) is 0. The number of hydrogen-bond donors (Lipinski definition) is 1. The maximum atomic E-state index is 5.39. The second kappa shape index (κ2) is 6.18. The molecule has 0 aliphatic heterocycles. The first kappa shape index (κ1) is 10.8. The van der Waals surface area contributed by atoms with Crippen LogP contribution < -0.4 is 10.5 Å². The standard InChI is InChI=1S/C10H17N3O/c1-2-3-4-5-6-14-10-8-12-9(11)7-13-10/h7-8H,2-6H2,1H3,(H2,11,12). The molecule has 1 aromatic rings. The third kappa shape index (κ3) is 4.07. The summed E-state index contributed by atoms with van der Waals surface area (Å²) < 4.78 is 5.38. The van der Waals surface area contributed by atoms with E-state index in [4.69, 9.17) is 10.5 Å². The van der Waals surface area contributed by atoms with Gasteiger partial charge in [0.05, 0.1) is 19.0 Å². The molecule has 1 heterocycles. The van der Waals surface area contributed by atoms with Crippen molar-refractivity contribution in [2.75, 3.05) is 12.3 Å². The van der Waals surface area contributed by atoms with E-state index in [1.54, 1.807) is 6.20 Å². The molecule has 0 saturated heterocycles. The molecular weight excluding hydrogens is 178 g/mol. The fraction of sp³-hybridized carbons (Fsp3) is 0.600. The number of nitrogen functional groups attached to an aromatic ring is 1. The fourth-order valence-corrected chi connectivity index (χ4v) is 1.11. The SMILES string of the molecule is CCCCCCOc1cnc(N)cn1. The summed E-state index contributed by atoms with van der Waals surface area (Å²) in [6.45, 7) is 2.89. The highest BCUT2D eigenvalue weighted by Gasteiger charge is 1.95. The van der Waals surface area contributed by atoms with Crippen molar-refractivity contribution in [2.45, 2.75) is 32.6 Å². The molecule has 0 spiro atoms. The molecule has 1 aromatic heterocycles. The number of aromatic nitrogens is 2. The Bertz CT molecular complexity index is 248. The summed E-state index contributed by atoms with van der Waals surface area (Å²) in [6.07, 6.45) is 7.83. The Balaban J connectivity index is 2.15. The van der Waals surface area contributed by atoms with Crippen LogP contribution in [0.3, 0.4) is 0 Å². The van der Waals surface area contributed by atoms with E-state index < -0.39 is 0 Å². The Morgan fingerprint density at radius 1 is 1.21 bits per heavy atom. The van der Waals surface area contributed by atoms with Crippen LogP contribution in [-0.4, -0.2) is 16.6 Å². The van der Waals surface area contributed by atoms with E-state index in [0.717, 1.165) is 6.42 Å². The average Bonchev–Trinajstić information content (AvgIpc) is 2.21. The maximum Gasteiger partial charge on any atom is 0.232 e. The van der Waals surface area contributed by atoms with E-state index in [2.05, 4.69) is 16.9 Å². The molecule has 0 unspecified atom stereocenters. The predicted octanol–water partition coefficient (Wildman–Crippen LogP) is 2.02. The Labute approximate surface area is 84.5 Å². The number of anilines is 1. The van der Waals surface area contributed by atoms with Gasteiger partial charge in [-0.3, -0.25) is 0 Å². The van der Waals surface area contributed by atoms with Crippen LogP contribution in [0.25, 0.3) is 0 Å². The Morgan fingerprint density at radius 2 is 2.07 bits per heavy atom. The number of hydrogen-bond acceptors (Lipinski definition) is 4. The topological polar surface area (TPSA) is 61.0 Å². The summed E-state index contributed by atoms with van der Waals surface area (Å²) in [5.74, 6) is 0.971. The third-order valence-electron chi connectivity index (χ3n) is 1.90. The molecule has 1 rings (SSSR count). The lowest BCUT2D eigenvalue weighted by Gasteiger charge is -2.03. The lowest BCUT2D eigenvalue weighted by Crippen LogP contribution is -2.00. The molecule has 0 fully saturated rings. The molecule has 78 valence electrons. The molecule has 0 atom stereocenters. The molecule has 0 aliphatic rings. The molecule has 2 N–H and O–H groups in total. The van der Waals surface area contributed by atoms with Crippen molar-refractivity contribution >= 4 is 5.82 Å². The highest BCUT2D eigenvalue weighted by molar-refractivity contribution is 5.24. The molecule has 0 saturated carbocycles. The number of nitrogens with two attached hydrogens (primary N) is 1. The number of rotatable bonds is 6. The first-order valence-corrected chi connectivity index (χ1v) is 5.03. The average molecular weight is 195 g/mol. The van der Waals surface area contributed by atoms with E-state index in [-0.39, 0.29) is 0 Å². The van der Waals surface area contributed by atoms with Crippen LogP contribution in [-0.2, 0) is 0 Å². The quantitative estimate of drug-likeness (QED) is 0.705. The van der Waals surface area contributed by atoms with E-state index in [0.29, 0.717) is 18.3 Å². The van der Waals surface area contributed by atoms with Crippen LogP contribution in [0.15, 0.2) is 12.4 Å². The minimum Gasteiger partial charge on any atom is -0.477 e. The van der Waals surface area contributed by atoms with Crippen LogP contribution in [0, 0.1) is 0 Å². The summed E-state index contributed by atoms with van der Waals surface area (Å²) in [6, 6.07) is 0. The second-order valence-corrected chi connectivity index (χ2v) is 3.19. The van der Waals surface area contributed by atoms with Crippen LogP contribution in [0.1, 0.15) is 32.6 Å². The van der Waals surface area contributed by atoms with Gasteiger partial charge in [-0.15, -0.1) is 0 Å². The Kier molecular flexibility index (Phi) is 4.75. The van der Waals surface area contributed by atoms with Gasteiger partial charge < -0.3 is 10.5 Å². The smallest absolute Gasteiger partial charge is 0.232 e. The van der Waals surface area contributed by atoms with E-state index in [1.165, 1.54) is 25.5 Å². The van der Waals surface area contributed by atoms with Crippen molar-refractivity contribution in [3.63, 3.8) is 0 Å². The number of unbranched alkanes of at least 4 members (excludes halogenated alkanes) is 3. The van der Waals surface area contributed by atoms with Crippen LogP contribution in [0.4, 0.5) is 5.82 Å². The third-order valence-corrected chi connectivity index (χ3v) is 1.90. The minimum atomic E-state index is 0.420. The summed E-state index contributed by atoms with van der Waals surface area (Å²) >= 11 is 0. The summed E-state index contributed by atoms with van der Waals surface area (Å²) in [5.41, 5.74) is 5.39. The number of nitrogens with zero attached hydrogens (tertiary/aromatic N) is 2. The lowest BCUT2D eigenvalue weighted by atomic mass is 10.2. The number of ether oxygens (including phenoxy) is 1. The van der Waals surface area contributed by atoms with Crippen molar-refractivity contribution in [3.8, 4) is 5.88 Å². The largest absolute Gasteiger partial charge is 0.477 e. The minimum absolute atomic E-state index is 0.420. The molecule has 4 heteroatoms. The van der Waals surface area contributed by atoms with Gasteiger partial charge in [-0.1, -0.05) is 26.2 Å². The van der Waals surface area contributed by atoms with Gasteiger partial charge in [0.15, 0.2) is 0 Å². The molecular formula is C10H17N3O. The van der Waals surface area contributed by atoms with Gasteiger partial charge in [0.25, 0.3) is 0 Å². The summed E-state index contributed by atoms with van der Waals surface area (Å²) in [4.78, 5) is 7.87. The monoisotopic (exact) mass is 195 g/mol. The molecule has 14 heavy (non-hydrogen) atoms. The Hall–Kier alpha value is -1.32. The Morgan fingerprint density at radius 3 is 2.71 bits per heavy atom. The van der Waals surface area contributed by atoms with Gasteiger partial charge >= 0.3 is 0 Å². The fourth-order valence-electron chi connectivity index (χ4n) is 1.11. The molecule has 0 amide bonds. The zero-order chi connectivity index (χ0) is 10.2. The van der Waals surface area contributed by atoms with E-state index in [1.807, 2.05) is 0 Å². The molecule has 4 nitrogen and oxygen atoms in total. The highest BCUT2D eigenvalue weighted by Crippen LogP contribution is 2.06. The van der Waals surface area contributed by atoms with Crippen molar-refractivity contribution in [1.82, 2.24) is 9.97 Å². The van der Waals surface area contributed by atoms with Crippen molar-refractivity contribution in [2.24, 2.45) is 0 Å². The zero-order valence-corrected chi connectivity index (χ0v) is 8.57. The van der Waals surface area contributed by atoms with Gasteiger partial charge in [0.1, 0.15) is 5.82 Å². The van der Waals surface area contributed by atoms with Crippen molar-refractivity contribution in [1.29, 1.82) is 0 Å². The van der Waals surface area contributed by atoms with E-state index >= 15 is 0 Å². The van der Waals surface area contributed by atoms with Gasteiger partial charge in [-0.25, -0.2) is 9.97 Å². The summed E-state index contributed by atoms with van der Waals surface area (Å²) in [7, 11) is 0. The zero-order valence-electron chi connectivity index (χ0n) is 8.57. The van der Waals surface area contributed by atoms with Gasteiger partial charge in [0.2, 0.25) is 5.88 Å². The second-order valence-electron chi connectivity index (χ2n) is 3.19. The van der Waals surface area contributed by atoms with Gasteiger partial charge in [-0.2, -0.15) is 0 Å². The lowest BCUT2D eigenvalue weighted by molar-refractivity contribution is 0.292. The van der Waals surface area contributed by atoms with Crippen LogP contribution >= 0.6 is 0 Å². The van der Waals surface area contributed by atoms with E-state index in [9.17, 15) is 0 Å². The normalized spacial score (nSPS) is 10.1. The van der Waals surface area contributed by atoms with Gasteiger partial charge in [-0.05, 0) is 6.42 Å². The van der Waals surface area contributed by atoms with Gasteiger partial charge in [0, 0.05) is 0 Å². The van der Waals surface area contributed by atoms with Crippen LogP contribution in [0.2, 0.25) is 0 Å². The van der Waals surface area contributed by atoms with Crippen molar-refractivity contribution in [3.05, 3.63) is 12.4 Å². The predicted molar refractivity (Wildman–Crippen MR) is 56.1 cm³/mol. The van der Waals surface area contributed by atoms with Crippen LogP contribution in [0.5, 0.6) is 5.88 Å².